The minimum absolute atomic E-state index is 0.117. The van der Waals surface area contributed by atoms with Crippen LogP contribution >= 0.6 is 0 Å². The van der Waals surface area contributed by atoms with Crippen LogP contribution in [0.4, 0.5) is 0 Å². The van der Waals surface area contributed by atoms with Gasteiger partial charge < -0.3 is 30.0 Å². The number of ether oxygens (including phenoxy) is 1. The van der Waals surface area contributed by atoms with Gasteiger partial charge in [-0.3, -0.25) is 0 Å². The van der Waals surface area contributed by atoms with Crippen molar-refractivity contribution in [1.82, 2.24) is 19.9 Å². The molecular formula is C31H28N4O4. The van der Waals surface area contributed by atoms with E-state index in [0.29, 0.717) is 0 Å². The standard InChI is InChI=1S/C26H18N4.C5H10O4/c1-2-4-17(5-3-1)26-24-12-10-22(29-24)15-20-8-6-18(27-20)14-19-7-9-21(28-19)16-23-11-13-25(26)30-23;6-1-4-5(8)3(7)2-9-4/h1-16,27,30H;3-8H,1-2H2/t;3-,4+,5-/m.0/s1. The van der Waals surface area contributed by atoms with Gasteiger partial charge in [-0.05, 0) is 72.3 Å². The molecule has 8 heteroatoms. The van der Waals surface area contributed by atoms with Gasteiger partial charge in [0.15, 0.2) is 0 Å². The van der Waals surface area contributed by atoms with Crippen LogP contribution in [0.25, 0.3) is 57.5 Å². The molecule has 5 N–H and O–H groups in total. The molecule has 3 aliphatic rings. The number of aromatic nitrogens is 4. The molecule has 39 heavy (non-hydrogen) atoms. The van der Waals surface area contributed by atoms with Crippen molar-refractivity contribution < 1.29 is 20.1 Å². The quantitative estimate of drug-likeness (QED) is 0.230. The van der Waals surface area contributed by atoms with E-state index in [2.05, 4.69) is 82.8 Å². The number of aromatic amines is 2. The monoisotopic (exact) mass is 520 g/mol. The van der Waals surface area contributed by atoms with Crippen LogP contribution < -0.4 is 0 Å². The third-order valence-corrected chi connectivity index (χ3v) is 6.72. The van der Waals surface area contributed by atoms with E-state index in [9.17, 15) is 0 Å². The normalized spacial score (nSPS) is 19.6. The van der Waals surface area contributed by atoms with Crippen LogP contribution in [0.2, 0.25) is 0 Å². The summed E-state index contributed by atoms with van der Waals surface area (Å²) in [6, 6.07) is 24.9. The molecule has 1 fully saturated rings. The zero-order chi connectivity index (χ0) is 26.8. The number of benzene rings is 1. The Hall–Kier alpha value is -4.34. The maximum atomic E-state index is 8.92. The first kappa shape index (κ1) is 25.0. The Morgan fingerprint density at radius 2 is 1.36 bits per heavy atom. The summed E-state index contributed by atoms with van der Waals surface area (Å²) in [5, 5.41) is 26.2. The molecule has 8 bridgehead atoms. The minimum atomic E-state index is -0.921. The van der Waals surface area contributed by atoms with E-state index < -0.39 is 18.3 Å². The van der Waals surface area contributed by atoms with Gasteiger partial charge in [0.1, 0.15) is 18.3 Å². The highest BCUT2D eigenvalue weighted by Crippen LogP contribution is 2.29. The van der Waals surface area contributed by atoms with Crippen LogP contribution in [0.1, 0.15) is 22.8 Å². The van der Waals surface area contributed by atoms with Gasteiger partial charge in [0.2, 0.25) is 0 Å². The van der Waals surface area contributed by atoms with Crippen molar-refractivity contribution in [3.05, 3.63) is 95.6 Å². The molecule has 3 atom stereocenters. The lowest BCUT2D eigenvalue weighted by Crippen LogP contribution is -2.31. The fraction of sp³-hybridized carbons (Fsp3) is 0.161. The van der Waals surface area contributed by atoms with Gasteiger partial charge in [-0.1, -0.05) is 30.3 Å². The highest BCUT2D eigenvalue weighted by molar-refractivity contribution is 5.91. The maximum Gasteiger partial charge on any atom is 0.110 e. The molecule has 0 radical (unpaired) electrons. The molecule has 1 aromatic carbocycles. The number of H-pyrrole nitrogens is 2. The maximum absolute atomic E-state index is 8.92. The lowest BCUT2D eigenvalue weighted by atomic mass is 10.0. The Labute approximate surface area is 224 Å². The number of nitrogens with zero attached hydrogens (tertiary/aromatic N) is 2. The summed E-state index contributed by atoms with van der Waals surface area (Å²) >= 11 is 0. The summed E-state index contributed by atoms with van der Waals surface area (Å²) in [5.74, 6) is 0. The second-order valence-corrected chi connectivity index (χ2v) is 9.53. The highest BCUT2D eigenvalue weighted by Gasteiger charge is 2.33. The number of aliphatic hydroxyl groups excluding tert-OH is 3. The molecule has 8 nitrogen and oxygen atoms in total. The second kappa shape index (κ2) is 10.8. The number of hydrogen-bond donors (Lipinski definition) is 5. The number of rotatable bonds is 2. The molecular weight excluding hydrogens is 492 g/mol. The highest BCUT2D eigenvalue weighted by atomic mass is 16.5. The smallest absolute Gasteiger partial charge is 0.110 e. The summed E-state index contributed by atoms with van der Waals surface area (Å²) < 4.78 is 4.78. The second-order valence-electron chi connectivity index (χ2n) is 9.53. The molecule has 4 aromatic rings. The van der Waals surface area contributed by atoms with Crippen LogP contribution in [0, 0.1) is 0 Å². The third kappa shape index (κ3) is 5.45. The average Bonchev–Trinajstić information content (AvgIpc) is 3.78. The summed E-state index contributed by atoms with van der Waals surface area (Å²) in [6.45, 7) is -0.120. The van der Waals surface area contributed by atoms with E-state index in [4.69, 9.17) is 30.0 Å². The Kier molecular flexibility index (Phi) is 6.91. The lowest BCUT2D eigenvalue weighted by Gasteiger charge is -2.10. The zero-order valence-corrected chi connectivity index (χ0v) is 21.0. The van der Waals surface area contributed by atoms with Gasteiger partial charge in [0.05, 0.1) is 36.0 Å². The molecule has 7 rings (SSSR count). The van der Waals surface area contributed by atoms with Crippen molar-refractivity contribution >= 4 is 46.4 Å². The SMILES string of the molecule is C1=Cc2cc3ccc([nH]3)c(-c3ccccc3)c3nc(cc4ccc(cc1n2)[nH]4)C=C3.OC[C@H]1OC[C@H](O)[C@@H]1O. The van der Waals surface area contributed by atoms with Crippen LogP contribution in [-0.2, 0) is 4.74 Å². The van der Waals surface area contributed by atoms with E-state index in [1.165, 1.54) is 0 Å². The van der Waals surface area contributed by atoms with Crippen LogP contribution in [-0.4, -0.2) is 66.8 Å². The van der Waals surface area contributed by atoms with Crippen LogP contribution in [0.3, 0.4) is 0 Å². The third-order valence-electron chi connectivity index (χ3n) is 6.72. The molecule has 0 saturated carbocycles. The Morgan fingerprint density at radius 1 is 0.744 bits per heavy atom. The molecule has 3 aliphatic heterocycles. The average molecular weight is 521 g/mol. The fourth-order valence-electron chi connectivity index (χ4n) is 4.74. The van der Waals surface area contributed by atoms with Crippen LogP contribution in [0.15, 0.2) is 72.8 Å². The number of fused-ring (bicyclic) bond motifs is 8. The van der Waals surface area contributed by atoms with Gasteiger partial charge in [0.25, 0.3) is 0 Å². The van der Waals surface area contributed by atoms with Crippen molar-refractivity contribution in [2.24, 2.45) is 0 Å². The van der Waals surface area contributed by atoms with E-state index in [-0.39, 0.29) is 13.2 Å². The topological polar surface area (TPSA) is 127 Å². The first-order valence-corrected chi connectivity index (χ1v) is 12.8. The van der Waals surface area contributed by atoms with E-state index >= 15 is 0 Å². The summed E-state index contributed by atoms with van der Waals surface area (Å²) in [4.78, 5) is 16.6. The van der Waals surface area contributed by atoms with Crippen molar-refractivity contribution in [2.75, 3.05) is 13.2 Å². The van der Waals surface area contributed by atoms with Crippen molar-refractivity contribution in [3.8, 4) is 11.1 Å². The van der Waals surface area contributed by atoms with E-state index in [1.54, 1.807) is 0 Å². The molecule has 0 aliphatic carbocycles. The van der Waals surface area contributed by atoms with Crippen LogP contribution in [0.5, 0.6) is 0 Å². The van der Waals surface area contributed by atoms with Gasteiger partial charge >= 0.3 is 0 Å². The first-order valence-electron chi connectivity index (χ1n) is 12.8. The van der Waals surface area contributed by atoms with Crippen molar-refractivity contribution in [1.29, 1.82) is 0 Å². The van der Waals surface area contributed by atoms with Crippen molar-refractivity contribution in [3.63, 3.8) is 0 Å². The Morgan fingerprint density at radius 3 is 1.97 bits per heavy atom. The molecule has 196 valence electrons. The number of hydrogen-bond acceptors (Lipinski definition) is 6. The summed E-state index contributed by atoms with van der Waals surface area (Å²) in [5.41, 5.74) is 10.0. The predicted octanol–water partition coefficient (Wildman–Crippen LogP) is 4.42. The Balaban J connectivity index is 0.000000263. The summed E-state index contributed by atoms with van der Waals surface area (Å²) in [6.07, 6.45) is 5.85. The fourth-order valence-corrected chi connectivity index (χ4v) is 4.74. The van der Waals surface area contributed by atoms with E-state index in [0.717, 1.165) is 56.0 Å². The minimum Gasteiger partial charge on any atom is -0.394 e. The zero-order valence-electron chi connectivity index (χ0n) is 21.0. The molecule has 1 saturated heterocycles. The summed E-state index contributed by atoms with van der Waals surface area (Å²) in [7, 11) is 0. The molecule has 3 aromatic heterocycles. The number of aliphatic hydroxyl groups is 3. The van der Waals surface area contributed by atoms with Gasteiger partial charge in [-0.25, -0.2) is 9.97 Å². The molecule has 0 amide bonds. The molecule has 0 spiro atoms. The molecule has 0 unspecified atom stereocenters. The number of nitrogens with one attached hydrogen (secondary N) is 2. The van der Waals surface area contributed by atoms with Gasteiger partial charge in [-0.15, -0.1) is 0 Å². The lowest BCUT2D eigenvalue weighted by molar-refractivity contribution is -0.00588. The van der Waals surface area contributed by atoms with Crippen molar-refractivity contribution in [2.45, 2.75) is 18.3 Å². The first-order chi connectivity index (χ1) is 19.1. The predicted molar refractivity (Wildman–Crippen MR) is 153 cm³/mol. The van der Waals surface area contributed by atoms with Gasteiger partial charge in [-0.2, -0.15) is 0 Å². The molecule has 6 heterocycles. The largest absolute Gasteiger partial charge is 0.394 e. The Bertz CT molecular complexity index is 1700. The van der Waals surface area contributed by atoms with E-state index in [1.807, 2.05) is 24.3 Å². The van der Waals surface area contributed by atoms with Gasteiger partial charge in [0, 0.05) is 27.6 Å².